The van der Waals surface area contributed by atoms with Crippen molar-refractivity contribution in [1.29, 1.82) is 0 Å². The Kier molecular flexibility index (Phi) is 12.5. The van der Waals surface area contributed by atoms with Crippen molar-refractivity contribution in [2.24, 2.45) is 0 Å². The van der Waals surface area contributed by atoms with Gasteiger partial charge in [-0.2, -0.15) is 15.0 Å². The quantitative estimate of drug-likeness (QED) is 0.153. The van der Waals surface area contributed by atoms with Gasteiger partial charge in [0.25, 0.3) is 5.91 Å². The first-order valence-corrected chi connectivity index (χ1v) is 14.2. The van der Waals surface area contributed by atoms with Gasteiger partial charge < -0.3 is 30.3 Å². The van der Waals surface area contributed by atoms with Gasteiger partial charge in [0.15, 0.2) is 0 Å². The molecule has 0 bridgehead atoms. The molecule has 4 rings (SSSR count). The fourth-order valence-electron chi connectivity index (χ4n) is 4.07. The van der Waals surface area contributed by atoms with Crippen molar-refractivity contribution in [3.8, 4) is 0 Å². The molecule has 4 aromatic rings. The summed E-state index contributed by atoms with van der Waals surface area (Å²) in [6.07, 6.45) is 0.861. The van der Waals surface area contributed by atoms with E-state index in [4.69, 9.17) is 9.47 Å². The Labute approximate surface area is 247 Å². The summed E-state index contributed by atoms with van der Waals surface area (Å²) in [5, 5.41) is 9.43. The topological polar surface area (TPSA) is 114 Å². The van der Waals surface area contributed by atoms with Crippen LogP contribution in [0, 0.1) is 0 Å². The molecule has 3 N–H and O–H groups in total. The lowest BCUT2D eigenvalue weighted by molar-refractivity contribution is 0.0519. The summed E-state index contributed by atoms with van der Waals surface area (Å²) in [6, 6.07) is 29.6. The lowest BCUT2D eigenvalue weighted by Crippen LogP contribution is -2.27. The Bertz CT molecular complexity index is 1330. The second-order valence-electron chi connectivity index (χ2n) is 9.56. The number of carbonyl (C=O) groups is 1. The van der Waals surface area contributed by atoms with E-state index in [2.05, 4.69) is 55.2 Å². The number of amides is 1. The molecule has 10 heteroatoms. The smallest absolute Gasteiger partial charge is 0.251 e. The summed E-state index contributed by atoms with van der Waals surface area (Å²) in [7, 11) is 1.97. The Morgan fingerprint density at radius 1 is 0.667 bits per heavy atom. The largest absolute Gasteiger partial charge is 0.377 e. The minimum Gasteiger partial charge on any atom is -0.377 e. The molecule has 0 saturated heterocycles. The van der Waals surface area contributed by atoms with Gasteiger partial charge in [-0.1, -0.05) is 78.9 Å². The SMILES string of the molecule is CN(Cc1ccccc1)c1nc(NCCOCCOCCNC(=O)c2ccccc2)nc(NCCc2ccccc2)n1. The van der Waals surface area contributed by atoms with Gasteiger partial charge in [-0.3, -0.25) is 4.79 Å². The van der Waals surface area contributed by atoms with Crippen LogP contribution in [0.5, 0.6) is 0 Å². The summed E-state index contributed by atoms with van der Waals surface area (Å²) in [5.41, 5.74) is 3.05. The third-order valence-electron chi connectivity index (χ3n) is 6.24. The molecule has 0 fully saturated rings. The molecule has 0 unspecified atom stereocenters. The van der Waals surface area contributed by atoms with Crippen LogP contribution < -0.4 is 20.9 Å². The maximum absolute atomic E-state index is 12.0. The molecular weight excluding hydrogens is 530 g/mol. The number of ether oxygens (including phenoxy) is 2. The van der Waals surface area contributed by atoms with E-state index in [1.54, 1.807) is 12.1 Å². The molecule has 1 aromatic heterocycles. The zero-order valence-electron chi connectivity index (χ0n) is 24.0. The second-order valence-corrected chi connectivity index (χ2v) is 9.56. The van der Waals surface area contributed by atoms with Crippen molar-refractivity contribution in [3.63, 3.8) is 0 Å². The van der Waals surface area contributed by atoms with Gasteiger partial charge in [0.1, 0.15) is 0 Å². The lowest BCUT2D eigenvalue weighted by atomic mass is 10.1. The highest BCUT2D eigenvalue weighted by molar-refractivity contribution is 5.94. The molecule has 1 amide bonds. The van der Waals surface area contributed by atoms with Crippen LogP contribution in [0.3, 0.4) is 0 Å². The van der Waals surface area contributed by atoms with Gasteiger partial charge in [-0.05, 0) is 29.7 Å². The van der Waals surface area contributed by atoms with Crippen LogP contribution in [0.4, 0.5) is 17.8 Å². The third-order valence-corrected chi connectivity index (χ3v) is 6.24. The van der Waals surface area contributed by atoms with Gasteiger partial charge in [0.05, 0.1) is 26.4 Å². The normalized spacial score (nSPS) is 10.7. The average molecular weight is 570 g/mol. The van der Waals surface area contributed by atoms with E-state index in [0.717, 1.165) is 6.42 Å². The molecule has 0 aliphatic carbocycles. The van der Waals surface area contributed by atoms with E-state index in [0.29, 0.717) is 76.0 Å². The lowest BCUT2D eigenvalue weighted by Gasteiger charge is -2.19. The highest BCUT2D eigenvalue weighted by Crippen LogP contribution is 2.15. The number of hydrogen-bond donors (Lipinski definition) is 3. The predicted molar refractivity (Wildman–Crippen MR) is 166 cm³/mol. The van der Waals surface area contributed by atoms with Gasteiger partial charge in [0.2, 0.25) is 17.8 Å². The van der Waals surface area contributed by atoms with Crippen LogP contribution in [0.15, 0.2) is 91.0 Å². The first-order chi connectivity index (χ1) is 20.7. The van der Waals surface area contributed by atoms with Crippen molar-refractivity contribution in [3.05, 3.63) is 108 Å². The summed E-state index contributed by atoms with van der Waals surface area (Å²) >= 11 is 0. The number of anilines is 3. The van der Waals surface area contributed by atoms with Crippen molar-refractivity contribution >= 4 is 23.8 Å². The van der Waals surface area contributed by atoms with Crippen LogP contribution in [-0.4, -0.2) is 74.0 Å². The number of aromatic nitrogens is 3. The first kappa shape index (κ1) is 30.4. The average Bonchev–Trinajstić information content (AvgIpc) is 3.03. The van der Waals surface area contributed by atoms with Crippen molar-refractivity contribution < 1.29 is 14.3 Å². The number of nitrogens with one attached hydrogen (secondary N) is 3. The van der Waals surface area contributed by atoms with Crippen molar-refractivity contribution in [2.75, 3.05) is 68.6 Å². The highest BCUT2D eigenvalue weighted by Gasteiger charge is 2.11. The standard InChI is InChI=1S/C32H39N7O3/c1-39(25-27-13-7-3-8-14-27)32-37-30(34-18-17-26-11-5-2-6-12-26)36-31(38-32)35-20-22-42-24-23-41-21-19-33-29(40)28-15-9-4-10-16-28/h2-16H,17-25H2,1H3,(H,33,40)(H2,34,35,36,37,38). The Morgan fingerprint density at radius 2 is 1.21 bits per heavy atom. The number of benzene rings is 3. The minimum absolute atomic E-state index is 0.108. The Morgan fingerprint density at radius 3 is 1.86 bits per heavy atom. The van der Waals surface area contributed by atoms with E-state index >= 15 is 0 Å². The van der Waals surface area contributed by atoms with Crippen LogP contribution in [0.2, 0.25) is 0 Å². The first-order valence-electron chi connectivity index (χ1n) is 14.2. The molecule has 3 aromatic carbocycles. The van der Waals surface area contributed by atoms with Crippen LogP contribution >= 0.6 is 0 Å². The van der Waals surface area contributed by atoms with Gasteiger partial charge >= 0.3 is 0 Å². The third kappa shape index (κ3) is 10.8. The van der Waals surface area contributed by atoms with Crippen LogP contribution in [0.25, 0.3) is 0 Å². The molecule has 1 heterocycles. The van der Waals surface area contributed by atoms with Gasteiger partial charge in [-0.15, -0.1) is 0 Å². The van der Waals surface area contributed by atoms with E-state index in [-0.39, 0.29) is 5.91 Å². The molecular formula is C32H39N7O3. The Hall–Kier alpha value is -4.54. The molecule has 0 aliphatic rings. The zero-order valence-corrected chi connectivity index (χ0v) is 24.0. The van der Waals surface area contributed by atoms with Crippen molar-refractivity contribution in [1.82, 2.24) is 20.3 Å². The van der Waals surface area contributed by atoms with Crippen LogP contribution in [0.1, 0.15) is 21.5 Å². The predicted octanol–water partition coefficient (Wildman–Crippen LogP) is 4.04. The highest BCUT2D eigenvalue weighted by atomic mass is 16.5. The fraction of sp³-hybridized carbons (Fsp3) is 0.312. The van der Waals surface area contributed by atoms with Gasteiger partial charge in [-0.25, -0.2) is 0 Å². The number of rotatable bonds is 18. The van der Waals surface area contributed by atoms with Gasteiger partial charge in [0, 0.05) is 38.8 Å². The van der Waals surface area contributed by atoms with E-state index in [1.807, 2.05) is 66.5 Å². The molecule has 10 nitrogen and oxygen atoms in total. The summed E-state index contributed by atoms with van der Waals surface area (Å²) in [5.74, 6) is 1.47. The van der Waals surface area contributed by atoms with E-state index in [9.17, 15) is 4.79 Å². The second kappa shape index (κ2) is 17.3. The molecule has 42 heavy (non-hydrogen) atoms. The molecule has 220 valence electrons. The number of nitrogens with zero attached hydrogens (tertiary/aromatic N) is 4. The zero-order chi connectivity index (χ0) is 29.2. The fourth-order valence-corrected chi connectivity index (χ4v) is 4.07. The summed E-state index contributed by atoms with van der Waals surface area (Å²) in [6.45, 7) is 4.12. The summed E-state index contributed by atoms with van der Waals surface area (Å²) in [4.78, 5) is 27.9. The van der Waals surface area contributed by atoms with Crippen LogP contribution in [-0.2, 0) is 22.4 Å². The number of carbonyl (C=O) groups excluding carboxylic acids is 1. The molecule has 0 aliphatic heterocycles. The molecule has 0 saturated carbocycles. The maximum Gasteiger partial charge on any atom is 0.251 e. The van der Waals surface area contributed by atoms with Crippen molar-refractivity contribution in [2.45, 2.75) is 13.0 Å². The minimum atomic E-state index is -0.108. The summed E-state index contributed by atoms with van der Waals surface area (Å²) < 4.78 is 11.2. The molecule has 0 atom stereocenters. The Balaban J connectivity index is 1.19. The number of hydrogen-bond acceptors (Lipinski definition) is 9. The monoisotopic (exact) mass is 569 g/mol. The van der Waals surface area contributed by atoms with E-state index in [1.165, 1.54) is 11.1 Å². The molecule has 0 radical (unpaired) electrons. The maximum atomic E-state index is 12.0. The molecule has 0 spiro atoms. The van der Waals surface area contributed by atoms with E-state index < -0.39 is 0 Å².